The van der Waals surface area contributed by atoms with Crippen molar-refractivity contribution < 1.29 is 9.47 Å². The third-order valence-electron chi connectivity index (χ3n) is 4.61. The fraction of sp³-hybridized carbons (Fsp3) is 0.500. The first kappa shape index (κ1) is 13.7. The number of hydrogen-bond donors (Lipinski definition) is 0. The summed E-state index contributed by atoms with van der Waals surface area (Å²) in [6, 6.07) is 8.53. The second-order valence-electron chi connectivity index (χ2n) is 6.03. The summed E-state index contributed by atoms with van der Waals surface area (Å²) in [6.45, 7) is 5.42. The molecule has 0 amide bonds. The van der Waals surface area contributed by atoms with Crippen molar-refractivity contribution in [1.29, 1.82) is 0 Å². The normalized spacial score (nSPS) is 24.1. The van der Waals surface area contributed by atoms with Gasteiger partial charge < -0.3 is 9.47 Å². The molecule has 0 saturated carbocycles. The van der Waals surface area contributed by atoms with Crippen LogP contribution in [0, 0.1) is 6.92 Å². The number of nitrogens with zero attached hydrogens (tertiary/aromatic N) is 4. The molecule has 2 aliphatic rings. The summed E-state index contributed by atoms with van der Waals surface area (Å²) in [6.07, 6.45) is 0.215. The largest absolute Gasteiger partial charge is 0.497 e. The van der Waals surface area contributed by atoms with Crippen LogP contribution < -0.4 is 4.74 Å². The number of ether oxygens (including phenoxy) is 2. The molecule has 2 aromatic rings. The molecule has 2 unspecified atom stereocenters. The van der Waals surface area contributed by atoms with Crippen molar-refractivity contribution in [3.05, 3.63) is 41.2 Å². The predicted octanol–water partition coefficient (Wildman–Crippen LogP) is 1.55. The fourth-order valence-corrected chi connectivity index (χ4v) is 3.37. The van der Waals surface area contributed by atoms with Crippen LogP contribution in [0.1, 0.15) is 23.0 Å². The summed E-state index contributed by atoms with van der Waals surface area (Å²) in [4.78, 5) is 2.42. The second kappa shape index (κ2) is 5.37. The first-order valence-electron chi connectivity index (χ1n) is 7.62. The standard InChI is InChI=1S/C16H20N4O2/c1-11-15-10-22-16-9-19(8-14(16)20(15)18-17-11)7-12-3-5-13(21-2)6-4-12/h3-6,14,16H,7-10H2,1-2H3. The Balaban J connectivity index is 1.48. The third-order valence-corrected chi connectivity index (χ3v) is 4.61. The van der Waals surface area contributed by atoms with E-state index < -0.39 is 0 Å². The van der Waals surface area contributed by atoms with Crippen LogP contribution in [0.2, 0.25) is 0 Å². The van der Waals surface area contributed by atoms with Crippen LogP contribution in [0.5, 0.6) is 5.75 Å². The maximum Gasteiger partial charge on any atom is 0.118 e. The average molecular weight is 300 g/mol. The number of aryl methyl sites for hydroxylation is 1. The highest BCUT2D eigenvalue weighted by Gasteiger charge is 2.39. The van der Waals surface area contributed by atoms with E-state index in [1.165, 1.54) is 5.56 Å². The van der Waals surface area contributed by atoms with Gasteiger partial charge in [0.25, 0.3) is 0 Å². The van der Waals surface area contributed by atoms with E-state index in [0.717, 1.165) is 36.8 Å². The zero-order valence-corrected chi connectivity index (χ0v) is 12.9. The highest BCUT2D eigenvalue weighted by molar-refractivity contribution is 5.27. The molecule has 3 heterocycles. The van der Waals surface area contributed by atoms with Gasteiger partial charge in [0.2, 0.25) is 0 Å². The molecule has 2 aliphatic heterocycles. The van der Waals surface area contributed by atoms with Crippen molar-refractivity contribution >= 4 is 0 Å². The SMILES string of the molecule is COc1ccc(CN2CC3OCc4c(C)nnn4C3C2)cc1. The van der Waals surface area contributed by atoms with E-state index in [4.69, 9.17) is 9.47 Å². The molecule has 0 bridgehead atoms. The lowest BCUT2D eigenvalue weighted by Crippen LogP contribution is -2.32. The van der Waals surface area contributed by atoms with Crippen LogP contribution in [-0.4, -0.2) is 46.2 Å². The second-order valence-corrected chi connectivity index (χ2v) is 6.03. The Morgan fingerprint density at radius 1 is 1.27 bits per heavy atom. The summed E-state index contributed by atoms with van der Waals surface area (Å²) in [5.74, 6) is 0.893. The van der Waals surface area contributed by atoms with E-state index in [9.17, 15) is 0 Å². The molecule has 0 radical (unpaired) electrons. The number of aromatic nitrogens is 3. The average Bonchev–Trinajstić information content (AvgIpc) is 3.11. The zero-order chi connectivity index (χ0) is 15.1. The summed E-state index contributed by atoms with van der Waals surface area (Å²) in [5.41, 5.74) is 3.38. The van der Waals surface area contributed by atoms with Gasteiger partial charge in [-0.05, 0) is 24.6 Å². The molecule has 116 valence electrons. The van der Waals surface area contributed by atoms with E-state index in [0.29, 0.717) is 6.61 Å². The number of rotatable bonds is 3. The molecule has 0 spiro atoms. The van der Waals surface area contributed by atoms with Gasteiger partial charge in [-0.2, -0.15) is 0 Å². The first-order chi connectivity index (χ1) is 10.7. The highest BCUT2D eigenvalue weighted by atomic mass is 16.5. The van der Waals surface area contributed by atoms with E-state index in [-0.39, 0.29) is 12.1 Å². The van der Waals surface area contributed by atoms with Gasteiger partial charge in [-0.3, -0.25) is 4.90 Å². The molecule has 1 aromatic carbocycles. The minimum absolute atomic E-state index is 0.215. The molecule has 1 saturated heterocycles. The Labute approximate surface area is 129 Å². The zero-order valence-electron chi connectivity index (χ0n) is 12.9. The lowest BCUT2D eigenvalue weighted by molar-refractivity contribution is -0.00549. The smallest absolute Gasteiger partial charge is 0.118 e. The Kier molecular flexibility index (Phi) is 3.35. The Morgan fingerprint density at radius 3 is 2.86 bits per heavy atom. The van der Waals surface area contributed by atoms with Gasteiger partial charge in [0.1, 0.15) is 5.75 Å². The van der Waals surface area contributed by atoms with Crippen molar-refractivity contribution in [3.63, 3.8) is 0 Å². The first-order valence-corrected chi connectivity index (χ1v) is 7.62. The van der Waals surface area contributed by atoms with Crippen molar-refractivity contribution in [2.75, 3.05) is 20.2 Å². The van der Waals surface area contributed by atoms with Crippen molar-refractivity contribution in [2.45, 2.75) is 32.2 Å². The van der Waals surface area contributed by atoms with Crippen molar-refractivity contribution in [3.8, 4) is 5.75 Å². The number of hydrogen-bond acceptors (Lipinski definition) is 5. The summed E-state index contributed by atoms with van der Waals surface area (Å²) < 4.78 is 13.3. The molecule has 6 heteroatoms. The lowest BCUT2D eigenvalue weighted by Gasteiger charge is -2.26. The molecule has 0 aliphatic carbocycles. The van der Waals surface area contributed by atoms with Gasteiger partial charge in [0.15, 0.2) is 0 Å². The molecular formula is C16H20N4O2. The van der Waals surface area contributed by atoms with Crippen molar-refractivity contribution in [1.82, 2.24) is 19.9 Å². The maximum absolute atomic E-state index is 6.01. The lowest BCUT2D eigenvalue weighted by atomic mass is 10.1. The van der Waals surface area contributed by atoms with Gasteiger partial charge in [0.05, 0.1) is 37.3 Å². The quantitative estimate of drug-likeness (QED) is 0.861. The third kappa shape index (κ3) is 2.28. The monoisotopic (exact) mass is 300 g/mol. The van der Waals surface area contributed by atoms with Gasteiger partial charge in [-0.25, -0.2) is 4.68 Å². The van der Waals surface area contributed by atoms with Crippen LogP contribution >= 0.6 is 0 Å². The van der Waals surface area contributed by atoms with Crippen LogP contribution in [0.15, 0.2) is 24.3 Å². The molecule has 1 aromatic heterocycles. The van der Waals surface area contributed by atoms with E-state index in [2.05, 4.69) is 32.0 Å². The number of methoxy groups -OCH3 is 1. The maximum atomic E-state index is 6.01. The predicted molar refractivity (Wildman–Crippen MR) is 80.6 cm³/mol. The summed E-state index contributed by atoms with van der Waals surface area (Å²) in [5, 5.41) is 8.49. The van der Waals surface area contributed by atoms with Gasteiger partial charge in [0, 0.05) is 19.6 Å². The molecule has 22 heavy (non-hydrogen) atoms. The Bertz CT molecular complexity index is 667. The molecule has 6 nitrogen and oxygen atoms in total. The fourth-order valence-electron chi connectivity index (χ4n) is 3.37. The van der Waals surface area contributed by atoms with Crippen LogP contribution in [0.3, 0.4) is 0 Å². The Hall–Kier alpha value is -1.92. The molecule has 1 fully saturated rings. The molecule has 0 N–H and O–H groups in total. The van der Waals surface area contributed by atoms with E-state index >= 15 is 0 Å². The van der Waals surface area contributed by atoms with E-state index in [1.807, 2.05) is 19.1 Å². The summed E-state index contributed by atoms with van der Waals surface area (Å²) in [7, 11) is 1.69. The Morgan fingerprint density at radius 2 is 2.09 bits per heavy atom. The number of benzene rings is 1. The minimum Gasteiger partial charge on any atom is -0.497 e. The van der Waals surface area contributed by atoms with Gasteiger partial charge in [-0.15, -0.1) is 5.10 Å². The number of fused-ring (bicyclic) bond motifs is 3. The molecule has 2 atom stereocenters. The van der Waals surface area contributed by atoms with Crippen LogP contribution in [0.25, 0.3) is 0 Å². The summed E-state index contributed by atoms with van der Waals surface area (Å²) >= 11 is 0. The van der Waals surface area contributed by atoms with Crippen molar-refractivity contribution in [2.24, 2.45) is 0 Å². The van der Waals surface area contributed by atoms with Gasteiger partial charge in [-0.1, -0.05) is 17.3 Å². The van der Waals surface area contributed by atoms with Gasteiger partial charge >= 0.3 is 0 Å². The number of likely N-dealkylation sites (tertiary alicyclic amines) is 1. The molecule has 4 rings (SSSR count). The van der Waals surface area contributed by atoms with Crippen LogP contribution in [0.4, 0.5) is 0 Å². The van der Waals surface area contributed by atoms with E-state index in [1.54, 1.807) is 7.11 Å². The highest BCUT2D eigenvalue weighted by Crippen LogP contribution is 2.32. The minimum atomic E-state index is 0.215. The molecular weight excluding hydrogens is 280 g/mol. The van der Waals surface area contributed by atoms with Crippen LogP contribution in [-0.2, 0) is 17.9 Å². The topological polar surface area (TPSA) is 52.4 Å².